The first kappa shape index (κ1) is 15.5. The maximum Gasteiger partial charge on any atom is 0.372 e. The summed E-state index contributed by atoms with van der Waals surface area (Å²) in [6, 6.07) is 7.71. The number of methoxy groups -OCH3 is 1. The zero-order valence-corrected chi connectivity index (χ0v) is 12.6. The lowest BCUT2D eigenvalue weighted by molar-refractivity contribution is 0.0659. The van der Waals surface area contributed by atoms with E-state index in [0.29, 0.717) is 18.7 Å². The number of hydrogen-bond donors (Lipinski definition) is 1. The molecule has 0 bridgehead atoms. The van der Waals surface area contributed by atoms with Crippen molar-refractivity contribution in [3.8, 4) is 0 Å². The molecule has 2 aromatic rings. The summed E-state index contributed by atoms with van der Waals surface area (Å²) in [6.45, 7) is 6.04. The summed E-state index contributed by atoms with van der Waals surface area (Å²) in [4.78, 5) is 13.6. The molecule has 0 saturated carbocycles. The van der Waals surface area contributed by atoms with Crippen LogP contribution in [-0.4, -0.2) is 42.3 Å². The van der Waals surface area contributed by atoms with Crippen LogP contribution in [-0.2, 0) is 11.3 Å². The number of benzene rings is 1. The van der Waals surface area contributed by atoms with Gasteiger partial charge in [0.1, 0.15) is 5.58 Å². The summed E-state index contributed by atoms with van der Waals surface area (Å²) in [6.07, 6.45) is 0. The molecule has 0 saturated heterocycles. The number of furan rings is 1. The summed E-state index contributed by atoms with van der Waals surface area (Å²) < 4.78 is 10.6. The maximum atomic E-state index is 11.4. The normalized spacial score (nSPS) is 11.7. The Kier molecular flexibility index (Phi) is 4.98. The van der Waals surface area contributed by atoms with E-state index in [0.717, 1.165) is 17.5 Å². The minimum Gasteiger partial charge on any atom is -0.475 e. The third-order valence-electron chi connectivity index (χ3n) is 3.57. The monoisotopic (exact) mass is 291 g/mol. The summed E-state index contributed by atoms with van der Waals surface area (Å²) in [7, 11) is 1.66. The molecule has 0 fully saturated rings. The van der Waals surface area contributed by atoms with Gasteiger partial charge in [-0.1, -0.05) is 18.2 Å². The van der Waals surface area contributed by atoms with Crippen molar-refractivity contribution in [1.29, 1.82) is 0 Å². The molecule has 5 heteroatoms. The number of hydrogen-bond acceptors (Lipinski definition) is 4. The Bertz CT molecular complexity index is 618. The third kappa shape index (κ3) is 3.43. The zero-order valence-electron chi connectivity index (χ0n) is 12.6. The summed E-state index contributed by atoms with van der Waals surface area (Å²) in [5.74, 6) is -1.00. The molecule has 0 aliphatic rings. The molecule has 1 aromatic carbocycles. The van der Waals surface area contributed by atoms with Crippen LogP contribution in [0.15, 0.2) is 28.7 Å². The highest BCUT2D eigenvalue weighted by molar-refractivity contribution is 5.95. The van der Waals surface area contributed by atoms with Gasteiger partial charge in [0, 0.05) is 37.2 Å². The molecule has 0 spiro atoms. The molecule has 1 N–H and O–H groups in total. The fourth-order valence-electron chi connectivity index (χ4n) is 2.36. The highest BCUT2D eigenvalue weighted by atomic mass is 16.5. The van der Waals surface area contributed by atoms with Gasteiger partial charge in [0.15, 0.2) is 0 Å². The quantitative estimate of drug-likeness (QED) is 0.849. The predicted molar refractivity (Wildman–Crippen MR) is 80.6 cm³/mol. The molecule has 5 nitrogen and oxygen atoms in total. The van der Waals surface area contributed by atoms with Crippen LogP contribution in [0.1, 0.15) is 30.0 Å². The van der Waals surface area contributed by atoms with E-state index in [9.17, 15) is 9.90 Å². The van der Waals surface area contributed by atoms with Crippen LogP contribution in [0.5, 0.6) is 0 Å². The van der Waals surface area contributed by atoms with Crippen molar-refractivity contribution < 1.29 is 19.1 Å². The van der Waals surface area contributed by atoms with Crippen LogP contribution in [0.25, 0.3) is 11.0 Å². The van der Waals surface area contributed by atoms with Crippen LogP contribution in [0.3, 0.4) is 0 Å². The molecule has 114 valence electrons. The van der Waals surface area contributed by atoms with Crippen molar-refractivity contribution in [2.75, 3.05) is 20.3 Å². The van der Waals surface area contributed by atoms with Crippen molar-refractivity contribution in [3.63, 3.8) is 0 Å². The predicted octanol–water partition coefficient (Wildman–Crippen LogP) is 2.99. The number of nitrogens with zero attached hydrogens (tertiary/aromatic N) is 1. The average molecular weight is 291 g/mol. The van der Waals surface area contributed by atoms with Gasteiger partial charge in [0.2, 0.25) is 5.76 Å². The van der Waals surface area contributed by atoms with E-state index < -0.39 is 5.97 Å². The number of carboxylic acid groups (broad SMARTS) is 1. The number of carbonyl (C=O) groups is 1. The van der Waals surface area contributed by atoms with E-state index >= 15 is 0 Å². The van der Waals surface area contributed by atoms with Crippen LogP contribution in [0, 0.1) is 0 Å². The second-order valence-electron chi connectivity index (χ2n) is 5.27. The summed E-state index contributed by atoms with van der Waals surface area (Å²) in [5.41, 5.74) is 1.34. The van der Waals surface area contributed by atoms with Gasteiger partial charge in [-0.3, -0.25) is 4.90 Å². The first-order chi connectivity index (χ1) is 10.0. The Morgan fingerprint density at radius 1 is 1.38 bits per heavy atom. The number of ether oxygens (including phenoxy) is 1. The van der Waals surface area contributed by atoms with Gasteiger partial charge in [-0.25, -0.2) is 4.79 Å². The molecule has 0 unspecified atom stereocenters. The summed E-state index contributed by atoms with van der Waals surface area (Å²) >= 11 is 0. The van der Waals surface area contributed by atoms with Crippen molar-refractivity contribution in [3.05, 3.63) is 35.6 Å². The Labute approximate surface area is 124 Å². The second-order valence-corrected chi connectivity index (χ2v) is 5.27. The first-order valence-electron chi connectivity index (χ1n) is 7.01. The van der Waals surface area contributed by atoms with Crippen LogP contribution in [0.4, 0.5) is 0 Å². The van der Waals surface area contributed by atoms with Gasteiger partial charge in [-0.15, -0.1) is 0 Å². The second kappa shape index (κ2) is 6.74. The average Bonchev–Trinajstić information content (AvgIpc) is 2.82. The fourth-order valence-corrected chi connectivity index (χ4v) is 2.36. The van der Waals surface area contributed by atoms with Crippen molar-refractivity contribution >= 4 is 16.9 Å². The van der Waals surface area contributed by atoms with Crippen LogP contribution < -0.4 is 0 Å². The molecule has 0 radical (unpaired) electrons. The minimum atomic E-state index is -1.03. The van der Waals surface area contributed by atoms with Gasteiger partial charge in [-0.05, 0) is 19.9 Å². The van der Waals surface area contributed by atoms with Crippen molar-refractivity contribution in [2.45, 2.75) is 26.4 Å². The van der Waals surface area contributed by atoms with Crippen molar-refractivity contribution in [2.24, 2.45) is 0 Å². The highest BCUT2D eigenvalue weighted by Crippen LogP contribution is 2.27. The lowest BCUT2D eigenvalue weighted by Crippen LogP contribution is -2.33. The lowest BCUT2D eigenvalue weighted by Gasteiger charge is -2.25. The number of carboxylic acids is 1. The van der Waals surface area contributed by atoms with Crippen LogP contribution in [0.2, 0.25) is 0 Å². The van der Waals surface area contributed by atoms with E-state index in [-0.39, 0.29) is 11.8 Å². The smallest absolute Gasteiger partial charge is 0.372 e. The molecule has 2 rings (SSSR count). The standard InChI is InChI=1S/C16H21NO4/c1-11(2)17(8-9-20-3)10-13-12-6-4-5-7-14(12)21-15(13)16(18)19/h4-7,11H,8-10H2,1-3H3,(H,18,19). The largest absolute Gasteiger partial charge is 0.475 e. The fraction of sp³-hybridized carbons (Fsp3) is 0.438. The Morgan fingerprint density at radius 3 is 2.71 bits per heavy atom. The third-order valence-corrected chi connectivity index (χ3v) is 3.57. The Hall–Kier alpha value is -1.85. The molecule has 0 aliphatic heterocycles. The maximum absolute atomic E-state index is 11.4. The van der Waals surface area contributed by atoms with Gasteiger partial charge >= 0.3 is 5.97 Å². The lowest BCUT2D eigenvalue weighted by atomic mass is 10.1. The number of rotatable bonds is 7. The van der Waals surface area contributed by atoms with Gasteiger partial charge in [0.25, 0.3) is 0 Å². The van der Waals surface area contributed by atoms with Gasteiger partial charge < -0.3 is 14.3 Å². The van der Waals surface area contributed by atoms with E-state index in [1.165, 1.54) is 0 Å². The number of fused-ring (bicyclic) bond motifs is 1. The molecule has 21 heavy (non-hydrogen) atoms. The molecule has 1 aromatic heterocycles. The molecule has 0 atom stereocenters. The van der Waals surface area contributed by atoms with E-state index in [2.05, 4.69) is 18.7 Å². The molecule has 1 heterocycles. The topological polar surface area (TPSA) is 62.9 Å². The van der Waals surface area contributed by atoms with E-state index in [4.69, 9.17) is 9.15 Å². The van der Waals surface area contributed by atoms with Gasteiger partial charge in [-0.2, -0.15) is 0 Å². The molecular formula is C16H21NO4. The first-order valence-corrected chi connectivity index (χ1v) is 7.01. The number of aromatic carboxylic acids is 1. The number of para-hydroxylation sites is 1. The SMILES string of the molecule is COCCN(Cc1c(C(=O)O)oc2ccccc12)C(C)C. The van der Waals surface area contributed by atoms with E-state index in [1.807, 2.05) is 18.2 Å². The molecular weight excluding hydrogens is 270 g/mol. The van der Waals surface area contributed by atoms with Crippen molar-refractivity contribution in [1.82, 2.24) is 4.90 Å². The minimum absolute atomic E-state index is 0.0271. The van der Waals surface area contributed by atoms with Crippen LogP contribution >= 0.6 is 0 Å². The van der Waals surface area contributed by atoms with E-state index in [1.54, 1.807) is 13.2 Å². The Balaban J connectivity index is 2.38. The molecule has 0 aliphatic carbocycles. The van der Waals surface area contributed by atoms with Gasteiger partial charge in [0.05, 0.1) is 6.61 Å². The highest BCUT2D eigenvalue weighted by Gasteiger charge is 2.22. The zero-order chi connectivity index (χ0) is 15.4. The Morgan fingerprint density at radius 2 is 2.10 bits per heavy atom. The molecule has 0 amide bonds. The summed E-state index contributed by atoms with van der Waals surface area (Å²) in [5, 5.41) is 10.2.